The highest BCUT2D eigenvalue weighted by Crippen LogP contribution is 1.78. The van der Waals surface area contributed by atoms with Crippen molar-refractivity contribution in [3.05, 3.63) is 0 Å². The van der Waals surface area contributed by atoms with Gasteiger partial charge in [0.15, 0.2) is 0 Å². The van der Waals surface area contributed by atoms with E-state index < -0.39 is 5.97 Å². The van der Waals surface area contributed by atoms with Gasteiger partial charge in [-0.25, -0.2) is 0 Å². The first-order valence-electron chi connectivity index (χ1n) is 5.45. The van der Waals surface area contributed by atoms with Gasteiger partial charge in [-0.05, 0) is 0 Å². The maximum Gasteiger partial charge on any atom is 0.317 e. The van der Waals surface area contributed by atoms with Crippen molar-refractivity contribution in [3.8, 4) is 0 Å². The molecule has 0 saturated heterocycles. The van der Waals surface area contributed by atoms with Gasteiger partial charge in [0.05, 0.1) is 33.0 Å². The third-order valence-corrected chi connectivity index (χ3v) is 1.69. The van der Waals surface area contributed by atoms with Crippen LogP contribution in [0, 0.1) is 0 Å². The molecule has 0 rings (SSSR count). The average Bonchev–Trinajstić information content (AvgIpc) is 2.25. The van der Waals surface area contributed by atoms with Crippen LogP contribution in [-0.2, 0) is 19.1 Å². The lowest BCUT2D eigenvalue weighted by Gasteiger charge is -2.06. The minimum Gasteiger partial charge on any atom is -0.480 e. The molecular weight excluding hydrogens is 228 g/mol. The summed E-state index contributed by atoms with van der Waals surface area (Å²) in [5, 5.41) is 13.6. The van der Waals surface area contributed by atoms with Crippen LogP contribution >= 0.6 is 0 Å². The van der Waals surface area contributed by atoms with Gasteiger partial charge in [-0.15, -0.1) is 0 Å². The van der Waals surface area contributed by atoms with Crippen LogP contribution in [0.5, 0.6) is 0 Å². The summed E-state index contributed by atoms with van der Waals surface area (Å²) in [4.78, 5) is 20.6. The number of carbonyl (C=O) groups excluding carboxylic acids is 1. The molecule has 0 aromatic rings. The molecule has 0 saturated carbocycles. The zero-order valence-electron chi connectivity index (χ0n) is 10.0. The average molecular weight is 248 g/mol. The van der Waals surface area contributed by atoms with Crippen LogP contribution < -0.4 is 10.6 Å². The van der Waals surface area contributed by atoms with E-state index >= 15 is 0 Å². The minimum absolute atomic E-state index is 0.0590. The summed E-state index contributed by atoms with van der Waals surface area (Å²) in [6, 6.07) is 0. The Morgan fingerprint density at radius 3 is 2.18 bits per heavy atom. The first kappa shape index (κ1) is 15.8. The number of amides is 1. The smallest absolute Gasteiger partial charge is 0.317 e. The van der Waals surface area contributed by atoms with Gasteiger partial charge in [-0.1, -0.05) is 0 Å². The molecule has 0 aromatic heterocycles. The number of ether oxygens (including phenoxy) is 2. The van der Waals surface area contributed by atoms with Crippen LogP contribution in [0.15, 0.2) is 0 Å². The fourth-order valence-corrected chi connectivity index (χ4v) is 0.961. The number of carboxylic acids is 1. The molecule has 3 N–H and O–H groups in total. The summed E-state index contributed by atoms with van der Waals surface area (Å²) in [5.74, 6) is -0.958. The third-order valence-electron chi connectivity index (χ3n) is 1.69. The van der Waals surface area contributed by atoms with Crippen molar-refractivity contribution in [1.82, 2.24) is 10.6 Å². The van der Waals surface area contributed by atoms with E-state index in [1.165, 1.54) is 6.92 Å². The molecule has 17 heavy (non-hydrogen) atoms. The number of carbonyl (C=O) groups is 2. The van der Waals surface area contributed by atoms with E-state index in [0.717, 1.165) is 0 Å². The Morgan fingerprint density at radius 1 is 1.06 bits per heavy atom. The minimum atomic E-state index is -0.883. The van der Waals surface area contributed by atoms with Crippen molar-refractivity contribution < 1.29 is 24.2 Å². The molecule has 0 aliphatic heterocycles. The van der Waals surface area contributed by atoms with Crippen LogP contribution in [-0.4, -0.2) is 63.0 Å². The molecule has 100 valence electrons. The zero-order valence-corrected chi connectivity index (χ0v) is 10.0. The molecule has 7 nitrogen and oxygen atoms in total. The molecule has 1 amide bonds. The molecule has 0 unspecified atom stereocenters. The highest BCUT2D eigenvalue weighted by molar-refractivity contribution is 5.72. The van der Waals surface area contributed by atoms with Gasteiger partial charge in [0.25, 0.3) is 0 Å². The third kappa shape index (κ3) is 14.8. The van der Waals surface area contributed by atoms with E-state index in [-0.39, 0.29) is 12.5 Å². The maximum atomic E-state index is 10.5. The van der Waals surface area contributed by atoms with Gasteiger partial charge in [-0.2, -0.15) is 0 Å². The molecular formula is C10H20N2O5. The summed E-state index contributed by atoms with van der Waals surface area (Å²) in [6.45, 7) is 4.20. The predicted octanol–water partition coefficient (Wildman–Crippen LogP) is -1.17. The standard InChI is InChI=1S/C10H20N2O5/c1-9(13)12-3-5-17-7-6-16-4-2-11-8-10(14)15/h11H,2-8H2,1H3,(H,12,13)(H,14,15). The Morgan fingerprint density at radius 2 is 1.65 bits per heavy atom. The molecule has 0 radical (unpaired) electrons. The normalized spacial score (nSPS) is 10.2. The first-order chi connectivity index (χ1) is 8.13. The van der Waals surface area contributed by atoms with Crippen molar-refractivity contribution in [2.24, 2.45) is 0 Å². The Kier molecular flexibility index (Phi) is 10.5. The van der Waals surface area contributed by atoms with Crippen LogP contribution in [0.2, 0.25) is 0 Å². The lowest BCUT2D eigenvalue weighted by molar-refractivity contribution is -0.136. The van der Waals surface area contributed by atoms with Crippen molar-refractivity contribution in [2.45, 2.75) is 6.92 Å². The van der Waals surface area contributed by atoms with Crippen molar-refractivity contribution in [3.63, 3.8) is 0 Å². The Bertz CT molecular complexity index is 201. The summed E-state index contributed by atoms with van der Waals surface area (Å²) in [6.07, 6.45) is 0. The second-order valence-corrected chi connectivity index (χ2v) is 3.28. The second kappa shape index (κ2) is 11.3. The highest BCUT2D eigenvalue weighted by Gasteiger charge is 1.95. The molecule has 0 atom stereocenters. The largest absolute Gasteiger partial charge is 0.480 e. The molecule has 0 heterocycles. The molecule has 0 fully saturated rings. The molecule has 0 aliphatic rings. The quantitative estimate of drug-likeness (QED) is 0.399. The summed E-state index contributed by atoms with van der Waals surface area (Å²) < 4.78 is 10.3. The van der Waals surface area contributed by atoms with Crippen LogP contribution in [0.25, 0.3) is 0 Å². The fraction of sp³-hybridized carbons (Fsp3) is 0.800. The van der Waals surface area contributed by atoms with E-state index in [9.17, 15) is 9.59 Å². The monoisotopic (exact) mass is 248 g/mol. The molecule has 0 aliphatic carbocycles. The van der Waals surface area contributed by atoms with Crippen molar-refractivity contribution >= 4 is 11.9 Å². The Balaban J connectivity index is 2.98. The molecule has 0 aromatic carbocycles. The van der Waals surface area contributed by atoms with Gasteiger partial charge >= 0.3 is 5.97 Å². The lowest BCUT2D eigenvalue weighted by atomic mass is 10.6. The number of aliphatic carboxylic acids is 1. The van der Waals surface area contributed by atoms with Crippen LogP contribution in [0.3, 0.4) is 0 Å². The summed E-state index contributed by atoms with van der Waals surface area (Å²) in [7, 11) is 0. The first-order valence-corrected chi connectivity index (χ1v) is 5.45. The molecule has 0 spiro atoms. The number of nitrogens with one attached hydrogen (secondary N) is 2. The van der Waals surface area contributed by atoms with E-state index in [4.69, 9.17) is 14.6 Å². The van der Waals surface area contributed by atoms with Crippen molar-refractivity contribution in [1.29, 1.82) is 0 Å². The van der Waals surface area contributed by atoms with E-state index in [1.54, 1.807) is 0 Å². The predicted molar refractivity (Wildman–Crippen MR) is 60.8 cm³/mol. The zero-order chi connectivity index (χ0) is 12.9. The highest BCUT2D eigenvalue weighted by atomic mass is 16.5. The van der Waals surface area contributed by atoms with Gasteiger partial charge in [0, 0.05) is 20.0 Å². The maximum absolute atomic E-state index is 10.5. The van der Waals surface area contributed by atoms with Gasteiger partial charge in [0.2, 0.25) is 5.91 Å². The Hall–Kier alpha value is -1.18. The SMILES string of the molecule is CC(=O)NCCOCCOCCNCC(=O)O. The molecule has 0 bridgehead atoms. The topological polar surface area (TPSA) is 96.9 Å². The molecule has 7 heteroatoms. The summed E-state index contributed by atoms with van der Waals surface area (Å²) in [5.41, 5.74) is 0. The summed E-state index contributed by atoms with van der Waals surface area (Å²) >= 11 is 0. The number of hydrogen-bond donors (Lipinski definition) is 3. The number of hydrogen-bond acceptors (Lipinski definition) is 5. The van der Waals surface area contributed by atoms with Crippen LogP contribution in [0.4, 0.5) is 0 Å². The van der Waals surface area contributed by atoms with E-state index in [0.29, 0.717) is 39.5 Å². The van der Waals surface area contributed by atoms with Crippen molar-refractivity contribution in [2.75, 3.05) is 46.1 Å². The van der Waals surface area contributed by atoms with E-state index in [2.05, 4.69) is 10.6 Å². The van der Waals surface area contributed by atoms with E-state index in [1.807, 2.05) is 0 Å². The van der Waals surface area contributed by atoms with Gasteiger partial charge in [-0.3, -0.25) is 9.59 Å². The Labute approximate surface area is 100 Å². The van der Waals surface area contributed by atoms with Gasteiger partial charge < -0.3 is 25.2 Å². The second-order valence-electron chi connectivity index (χ2n) is 3.28. The number of rotatable bonds is 11. The van der Waals surface area contributed by atoms with Crippen LogP contribution in [0.1, 0.15) is 6.92 Å². The fourth-order valence-electron chi connectivity index (χ4n) is 0.961. The number of carboxylic acid groups (broad SMARTS) is 1. The lowest BCUT2D eigenvalue weighted by Crippen LogP contribution is -2.27. The van der Waals surface area contributed by atoms with Gasteiger partial charge in [0.1, 0.15) is 0 Å².